The molecule has 0 bridgehead atoms. The second-order valence-electron chi connectivity index (χ2n) is 8.09. The van der Waals surface area contributed by atoms with E-state index in [1.165, 1.54) is 5.56 Å². The van der Waals surface area contributed by atoms with Crippen LogP contribution in [0.1, 0.15) is 23.6 Å². The Balaban J connectivity index is 1.67. The van der Waals surface area contributed by atoms with Crippen LogP contribution in [0.4, 0.5) is 5.69 Å². The van der Waals surface area contributed by atoms with E-state index in [0.29, 0.717) is 17.3 Å². The van der Waals surface area contributed by atoms with Crippen LogP contribution in [0.3, 0.4) is 0 Å². The Labute approximate surface area is 195 Å². The number of amides is 1. The Hall–Kier alpha value is -2.13. The maximum atomic E-state index is 12.9. The van der Waals surface area contributed by atoms with E-state index in [0.717, 1.165) is 54.5 Å². The highest BCUT2D eigenvalue weighted by Gasteiger charge is 2.29. The number of carbonyl (C=O) groups is 1. The minimum absolute atomic E-state index is 0.312. The molecule has 0 aliphatic carbocycles. The molecule has 1 saturated heterocycles. The molecule has 174 valence electrons. The van der Waals surface area contributed by atoms with Crippen LogP contribution >= 0.6 is 11.6 Å². The van der Waals surface area contributed by atoms with Gasteiger partial charge in [0.25, 0.3) is 0 Å². The van der Waals surface area contributed by atoms with Crippen molar-refractivity contribution in [3.05, 3.63) is 64.2 Å². The van der Waals surface area contributed by atoms with Gasteiger partial charge in [-0.2, -0.15) is 0 Å². The Kier molecular flexibility index (Phi) is 8.16. The maximum absolute atomic E-state index is 12.9. The van der Waals surface area contributed by atoms with Gasteiger partial charge in [-0.15, -0.1) is 0 Å². The largest absolute Gasteiger partial charge is 0.379 e. The highest BCUT2D eigenvalue weighted by Crippen LogP contribution is 2.26. The van der Waals surface area contributed by atoms with Crippen LogP contribution < -0.4 is 9.62 Å². The summed E-state index contributed by atoms with van der Waals surface area (Å²) >= 11 is 6.19. The van der Waals surface area contributed by atoms with E-state index in [2.05, 4.69) is 22.3 Å². The molecular formula is C23H30ClN3O4S. The van der Waals surface area contributed by atoms with Crippen molar-refractivity contribution in [1.29, 1.82) is 0 Å². The number of benzene rings is 2. The second kappa shape index (κ2) is 10.7. The number of anilines is 1. The molecule has 0 saturated carbocycles. The molecule has 9 heteroatoms. The summed E-state index contributed by atoms with van der Waals surface area (Å²) in [5.41, 5.74) is 3.32. The topological polar surface area (TPSA) is 79.0 Å². The molecule has 1 fully saturated rings. The monoisotopic (exact) mass is 479 g/mol. The van der Waals surface area contributed by atoms with Gasteiger partial charge < -0.3 is 10.1 Å². The molecule has 1 amide bonds. The van der Waals surface area contributed by atoms with Gasteiger partial charge in [0.05, 0.1) is 25.2 Å². The molecule has 7 nitrogen and oxygen atoms in total. The third kappa shape index (κ3) is 6.45. The summed E-state index contributed by atoms with van der Waals surface area (Å²) < 4.78 is 31.4. The first-order chi connectivity index (χ1) is 15.1. The molecule has 2 aromatic carbocycles. The number of rotatable bonds is 8. The zero-order valence-corrected chi connectivity index (χ0v) is 20.2. The number of aryl methyl sites for hydroxylation is 1. The zero-order chi connectivity index (χ0) is 23.3. The van der Waals surface area contributed by atoms with Crippen LogP contribution in [-0.2, 0) is 32.6 Å². The summed E-state index contributed by atoms with van der Waals surface area (Å²) in [5.74, 6) is -0.384. The summed E-state index contributed by atoms with van der Waals surface area (Å²) in [6, 6.07) is 12.1. The highest BCUT2D eigenvalue weighted by atomic mass is 35.5. The van der Waals surface area contributed by atoms with Gasteiger partial charge in [0.1, 0.15) is 6.04 Å². The number of halogens is 1. The summed E-state index contributed by atoms with van der Waals surface area (Å²) in [7, 11) is -3.70. The molecule has 32 heavy (non-hydrogen) atoms. The molecule has 1 N–H and O–H groups in total. The minimum Gasteiger partial charge on any atom is -0.379 e. The predicted molar refractivity (Wildman–Crippen MR) is 127 cm³/mol. The van der Waals surface area contributed by atoms with Crippen molar-refractivity contribution in [3.8, 4) is 0 Å². The lowest BCUT2D eigenvalue weighted by molar-refractivity contribution is -0.122. The number of morpholine rings is 1. The quantitative estimate of drug-likeness (QED) is 0.629. The lowest BCUT2D eigenvalue weighted by Gasteiger charge is -2.28. The molecule has 1 unspecified atom stereocenters. The molecule has 0 radical (unpaired) electrons. The van der Waals surface area contributed by atoms with Gasteiger partial charge in [0.15, 0.2) is 0 Å². The summed E-state index contributed by atoms with van der Waals surface area (Å²) in [6.45, 7) is 7.85. The van der Waals surface area contributed by atoms with E-state index in [-0.39, 0.29) is 5.91 Å². The number of hydrogen-bond acceptors (Lipinski definition) is 5. The van der Waals surface area contributed by atoms with Crippen molar-refractivity contribution in [2.24, 2.45) is 0 Å². The molecule has 1 aliphatic rings. The third-order valence-corrected chi connectivity index (χ3v) is 7.12. The maximum Gasteiger partial charge on any atom is 0.243 e. The van der Waals surface area contributed by atoms with Crippen LogP contribution in [0.25, 0.3) is 0 Å². The number of nitrogens with one attached hydrogen (secondary N) is 1. The van der Waals surface area contributed by atoms with Crippen molar-refractivity contribution in [3.63, 3.8) is 0 Å². The lowest BCUT2D eigenvalue weighted by atomic mass is 10.1. The zero-order valence-electron chi connectivity index (χ0n) is 18.7. The number of nitrogens with zero attached hydrogens (tertiary/aromatic N) is 2. The fourth-order valence-electron chi connectivity index (χ4n) is 3.72. The van der Waals surface area contributed by atoms with Crippen molar-refractivity contribution in [2.75, 3.05) is 36.9 Å². The summed E-state index contributed by atoms with van der Waals surface area (Å²) in [6.07, 6.45) is 1.08. The number of ether oxygens (including phenoxy) is 1. The number of carbonyl (C=O) groups excluding carboxylic acids is 1. The van der Waals surface area contributed by atoms with E-state index in [1.807, 2.05) is 19.1 Å². The Bertz CT molecular complexity index is 1050. The smallest absolute Gasteiger partial charge is 0.243 e. The van der Waals surface area contributed by atoms with Crippen molar-refractivity contribution in [2.45, 2.75) is 33.0 Å². The fraction of sp³-hybridized carbons (Fsp3) is 0.435. The summed E-state index contributed by atoms with van der Waals surface area (Å²) in [5, 5.41) is 3.31. The van der Waals surface area contributed by atoms with Crippen LogP contribution in [0.2, 0.25) is 5.02 Å². The van der Waals surface area contributed by atoms with Gasteiger partial charge in [-0.1, -0.05) is 41.9 Å². The van der Waals surface area contributed by atoms with Gasteiger partial charge >= 0.3 is 0 Å². The van der Waals surface area contributed by atoms with E-state index in [4.69, 9.17) is 16.3 Å². The fourth-order valence-corrected chi connectivity index (χ4v) is 5.06. The van der Waals surface area contributed by atoms with Gasteiger partial charge in [0.2, 0.25) is 15.9 Å². The molecule has 1 heterocycles. The first-order valence-electron chi connectivity index (χ1n) is 10.6. The minimum atomic E-state index is -3.70. The normalized spacial score (nSPS) is 15.9. The highest BCUT2D eigenvalue weighted by molar-refractivity contribution is 7.92. The Morgan fingerprint density at radius 1 is 1.19 bits per heavy atom. The molecular weight excluding hydrogens is 450 g/mol. The molecule has 0 aromatic heterocycles. The van der Waals surface area contributed by atoms with Crippen molar-refractivity contribution < 1.29 is 17.9 Å². The first-order valence-corrected chi connectivity index (χ1v) is 12.8. The molecule has 1 aliphatic heterocycles. The van der Waals surface area contributed by atoms with Crippen LogP contribution in [0.5, 0.6) is 0 Å². The van der Waals surface area contributed by atoms with Gasteiger partial charge in [-0.25, -0.2) is 8.42 Å². The number of sulfonamides is 1. The van der Waals surface area contributed by atoms with Gasteiger partial charge in [0, 0.05) is 31.2 Å². The van der Waals surface area contributed by atoms with Crippen molar-refractivity contribution >= 4 is 33.2 Å². The van der Waals surface area contributed by atoms with Crippen molar-refractivity contribution in [1.82, 2.24) is 10.2 Å². The second-order valence-corrected chi connectivity index (χ2v) is 10.4. The van der Waals surface area contributed by atoms with Crippen LogP contribution in [-0.4, -0.2) is 57.8 Å². The van der Waals surface area contributed by atoms with Crippen LogP contribution in [0, 0.1) is 6.92 Å². The lowest BCUT2D eigenvalue weighted by Crippen LogP contribution is -2.47. The van der Waals surface area contributed by atoms with E-state index < -0.39 is 16.1 Å². The first kappa shape index (κ1) is 24.5. The third-order valence-electron chi connectivity index (χ3n) is 5.47. The molecule has 2 aromatic rings. The molecule has 3 rings (SSSR count). The van der Waals surface area contributed by atoms with Crippen LogP contribution in [0.15, 0.2) is 42.5 Å². The SMILES string of the molecule is Cc1ccc(N(C(C)C(=O)NCc2cccc(CN3CCOCC3)c2)S(C)(=O)=O)cc1Cl. The van der Waals surface area contributed by atoms with E-state index in [9.17, 15) is 13.2 Å². The average Bonchev–Trinajstić information content (AvgIpc) is 2.74. The molecule has 0 spiro atoms. The Morgan fingerprint density at radius 2 is 1.88 bits per heavy atom. The van der Waals surface area contributed by atoms with E-state index >= 15 is 0 Å². The molecule has 1 atom stereocenters. The van der Waals surface area contributed by atoms with E-state index in [1.54, 1.807) is 25.1 Å². The Morgan fingerprint density at radius 3 is 2.53 bits per heavy atom. The number of hydrogen-bond donors (Lipinski definition) is 1. The van der Waals surface area contributed by atoms with Gasteiger partial charge in [-0.3, -0.25) is 14.0 Å². The predicted octanol–water partition coefficient (Wildman–Crippen LogP) is 2.95. The summed E-state index contributed by atoms with van der Waals surface area (Å²) in [4.78, 5) is 15.2. The standard InChI is InChI=1S/C23H30ClN3O4S/c1-17-7-8-21(14-22(17)24)27(32(3,29)30)18(2)23(28)25-15-19-5-4-6-20(13-19)16-26-9-11-31-12-10-26/h4-8,13-14,18H,9-12,15-16H2,1-3H3,(H,25,28). The average molecular weight is 480 g/mol. The van der Waals surface area contributed by atoms with Gasteiger partial charge in [-0.05, 0) is 42.7 Å².